The smallest absolute Gasteiger partial charge is 0.321 e. The molecule has 0 aromatic carbocycles. The van der Waals surface area contributed by atoms with Crippen LogP contribution in [0.15, 0.2) is 5.10 Å². The van der Waals surface area contributed by atoms with E-state index < -0.39 is 17.8 Å². The minimum atomic E-state index is -1.13. The Morgan fingerprint density at radius 2 is 2.36 bits per heavy atom. The fourth-order valence-corrected chi connectivity index (χ4v) is 1.15. The number of hydrogen-bond acceptors (Lipinski definition) is 3. The fraction of sp³-hybridized carbons (Fsp3) is 0.667. The van der Waals surface area contributed by atoms with Crippen molar-refractivity contribution >= 4 is 18.1 Å². The second-order valence-electron chi connectivity index (χ2n) is 3.72. The summed E-state index contributed by atoms with van der Waals surface area (Å²) < 4.78 is 0. The molecule has 0 saturated heterocycles. The first kappa shape index (κ1) is 10.7. The molecule has 1 atom stereocenters. The molecule has 0 aliphatic carbocycles. The van der Waals surface area contributed by atoms with E-state index in [1.54, 1.807) is 0 Å². The van der Waals surface area contributed by atoms with Crippen LogP contribution in [0.25, 0.3) is 0 Å². The minimum Gasteiger partial charge on any atom is -0.480 e. The standard InChI is InChI=1S/C9H14N2O3/c1-6(2)3-4-11-8(12)7(5-10-11)9(13)14/h5-7H,3-4H2,1-2H3,(H,13,14). The molecule has 0 radical (unpaired) electrons. The first-order valence-corrected chi connectivity index (χ1v) is 4.60. The molecule has 78 valence electrons. The average Bonchev–Trinajstić information content (AvgIpc) is 2.43. The monoisotopic (exact) mass is 198 g/mol. The Morgan fingerprint density at radius 3 is 2.79 bits per heavy atom. The SMILES string of the molecule is CC(C)CCN1N=CC(C(=O)O)C1=O. The zero-order chi connectivity index (χ0) is 10.7. The Morgan fingerprint density at radius 1 is 1.71 bits per heavy atom. The van der Waals surface area contributed by atoms with Gasteiger partial charge in [-0.2, -0.15) is 5.10 Å². The topological polar surface area (TPSA) is 70.0 Å². The molecule has 1 unspecified atom stereocenters. The van der Waals surface area contributed by atoms with Crippen LogP contribution in [0.5, 0.6) is 0 Å². The predicted octanol–water partition coefficient (Wildman–Crippen LogP) is 0.561. The summed E-state index contributed by atoms with van der Waals surface area (Å²) in [5, 5.41) is 13.6. The third-order valence-corrected chi connectivity index (χ3v) is 2.06. The summed E-state index contributed by atoms with van der Waals surface area (Å²) >= 11 is 0. The van der Waals surface area contributed by atoms with E-state index in [2.05, 4.69) is 5.10 Å². The number of amides is 1. The van der Waals surface area contributed by atoms with Crippen LogP contribution in [-0.4, -0.2) is 34.8 Å². The minimum absolute atomic E-state index is 0.432. The normalized spacial score (nSPS) is 20.9. The molecule has 1 heterocycles. The molecule has 0 fully saturated rings. The van der Waals surface area contributed by atoms with E-state index in [9.17, 15) is 9.59 Å². The summed E-state index contributed by atoms with van der Waals surface area (Å²) in [4.78, 5) is 21.9. The van der Waals surface area contributed by atoms with Crippen LogP contribution in [-0.2, 0) is 9.59 Å². The molecule has 1 N–H and O–H groups in total. The van der Waals surface area contributed by atoms with Crippen molar-refractivity contribution in [2.75, 3.05) is 6.54 Å². The van der Waals surface area contributed by atoms with Crippen molar-refractivity contribution in [3.05, 3.63) is 0 Å². The van der Waals surface area contributed by atoms with Crippen LogP contribution in [0.3, 0.4) is 0 Å². The first-order chi connectivity index (χ1) is 6.52. The molecule has 1 rings (SSSR count). The van der Waals surface area contributed by atoms with Gasteiger partial charge in [0.05, 0.1) is 0 Å². The molecule has 1 amide bonds. The number of hydrazone groups is 1. The van der Waals surface area contributed by atoms with Gasteiger partial charge in [-0.3, -0.25) is 9.59 Å². The molecule has 1 aliphatic heterocycles. The lowest BCUT2D eigenvalue weighted by molar-refractivity contribution is -0.146. The highest BCUT2D eigenvalue weighted by Crippen LogP contribution is 2.12. The second-order valence-corrected chi connectivity index (χ2v) is 3.72. The number of rotatable bonds is 4. The lowest BCUT2D eigenvalue weighted by atomic mass is 10.1. The summed E-state index contributed by atoms with van der Waals surface area (Å²) in [6.07, 6.45) is 2.01. The largest absolute Gasteiger partial charge is 0.480 e. The molecular weight excluding hydrogens is 184 g/mol. The van der Waals surface area contributed by atoms with E-state index in [1.165, 1.54) is 11.2 Å². The average molecular weight is 198 g/mol. The lowest BCUT2D eigenvalue weighted by Gasteiger charge is -2.13. The van der Waals surface area contributed by atoms with Crippen LogP contribution in [0.1, 0.15) is 20.3 Å². The number of hydrogen-bond donors (Lipinski definition) is 1. The highest BCUT2D eigenvalue weighted by Gasteiger charge is 2.33. The van der Waals surface area contributed by atoms with Gasteiger partial charge >= 0.3 is 5.97 Å². The van der Waals surface area contributed by atoms with Gasteiger partial charge in [0.15, 0.2) is 5.92 Å². The zero-order valence-electron chi connectivity index (χ0n) is 8.30. The van der Waals surface area contributed by atoms with Gasteiger partial charge < -0.3 is 5.11 Å². The molecule has 5 nitrogen and oxygen atoms in total. The summed E-state index contributed by atoms with van der Waals surface area (Å²) in [5.41, 5.74) is 0. The highest BCUT2D eigenvalue weighted by molar-refractivity contribution is 6.12. The Balaban J connectivity index is 2.49. The van der Waals surface area contributed by atoms with Gasteiger partial charge in [0.1, 0.15) is 0 Å². The Hall–Kier alpha value is -1.39. The lowest BCUT2D eigenvalue weighted by Crippen LogP contribution is -2.31. The van der Waals surface area contributed by atoms with E-state index in [4.69, 9.17) is 5.11 Å². The fourth-order valence-electron chi connectivity index (χ4n) is 1.15. The summed E-state index contributed by atoms with van der Waals surface area (Å²) in [6, 6.07) is 0. The van der Waals surface area contributed by atoms with Gasteiger partial charge in [-0.1, -0.05) is 13.8 Å². The van der Waals surface area contributed by atoms with Crippen molar-refractivity contribution in [3.8, 4) is 0 Å². The zero-order valence-corrected chi connectivity index (χ0v) is 8.30. The van der Waals surface area contributed by atoms with Crippen LogP contribution in [0, 0.1) is 11.8 Å². The van der Waals surface area contributed by atoms with Crippen molar-refractivity contribution in [2.45, 2.75) is 20.3 Å². The number of carboxylic acid groups (broad SMARTS) is 1. The molecule has 5 heteroatoms. The van der Waals surface area contributed by atoms with Crippen LogP contribution >= 0.6 is 0 Å². The first-order valence-electron chi connectivity index (χ1n) is 4.60. The van der Waals surface area contributed by atoms with E-state index in [1.807, 2.05) is 13.8 Å². The van der Waals surface area contributed by atoms with Crippen molar-refractivity contribution in [1.82, 2.24) is 5.01 Å². The van der Waals surface area contributed by atoms with Gasteiger partial charge in [-0.15, -0.1) is 0 Å². The molecule has 1 aliphatic rings. The molecule has 0 spiro atoms. The van der Waals surface area contributed by atoms with Crippen molar-refractivity contribution in [3.63, 3.8) is 0 Å². The van der Waals surface area contributed by atoms with E-state index in [0.717, 1.165) is 6.42 Å². The van der Waals surface area contributed by atoms with Gasteiger partial charge in [-0.25, -0.2) is 5.01 Å². The van der Waals surface area contributed by atoms with E-state index in [0.29, 0.717) is 12.5 Å². The number of carbonyl (C=O) groups is 2. The second kappa shape index (κ2) is 4.21. The number of nitrogens with zero attached hydrogens (tertiary/aromatic N) is 2. The van der Waals surface area contributed by atoms with Gasteiger partial charge in [0.25, 0.3) is 5.91 Å². The van der Waals surface area contributed by atoms with Gasteiger partial charge in [0, 0.05) is 12.8 Å². The maximum absolute atomic E-state index is 11.4. The Labute approximate surface area is 82.4 Å². The van der Waals surface area contributed by atoms with Crippen molar-refractivity contribution in [2.24, 2.45) is 16.9 Å². The van der Waals surface area contributed by atoms with Crippen molar-refractivity contribution in [1.29, 1.82) is 0 Å². The van der Waals surface area contributed by atoms with E-state index >= 15 is 0 Å². The molecule has 0 saturated carbocycles. The maximum Gasteiger partial charge on any atom is 0.321 e. The highest BCUT2D eigenvalue weighted by atomic mass is 16.4. The summed E-state index contributed by atoms with van der Waals surface area (Å²) in [6.45, 7) is 4.58. The maximum atomic E-state index is 11.4. The number of carboxylic acids is 1. The van der Waals surface area contributed by atoms with Gasteiger partial charge in [0.2, 0.25) is 0 Å². The van der Waals surface area contributed by atoms with Crippen LogP contribution in [0.2, 0.25) is 0 Å². The molecule has 14 heavy (non-hydrogen) atoms. The quantitative estimate of drug-likeness (QED) is 0.671. The summed E-state index contributed by atoms with van der Waals surface area (Å²) in [7, 11) is 0. The third-order valence-electron chi connectivity index (χ3n) is 2.06. The van der Waals surface area contributed by atoms with Crippen LogP contribution < -0.4 is 0 Å². The predicted molar refractivity (Wildman–Crippen MR) is 50.8 cm³/mol. The molecule has 0 bridgehead atoms. The molecular formula is C9H14N2O3. The molecule has 0 aromatic heterocycles. The Kier molecular flexibility index (Phi) is 3.22. The van der Waals surface area contributed by atoms with E-state index in [-0.39, 0.29) is 0 Å². The third kappa shape index (κ3) is 2.31. The van der Waals surface area contributed by atoms with Gasteiger partial charge in [-0.05, 0) is 12.3 Å². The summed E-state index contributed by atoms with van der Waals surface area (Å²) in [5.74, 6) is -2.17. The van der Waals surface area contributed by atoms with Crippen LogP contribution in [0.4, 0.5) is 0 Å². The molecule has 0 aromatic rings. The van der Waals surface area contributed by atoms with Crippen molar-refractivity contribution < 1.29 is 14.7 Å². The number of carbonyl (C=O) groups excluding carboxylic acids is 1. The number of aliphatic carboxylic acids is 1. The Bertz CT molecular complexity index is 273.